The van der Waals surface area contributed by atoms with E-state index in [1.54, 1.807) is 6.20 Å². The van der Waals surface area contributed by atoms with Gasteiger partial charge in [0.2, 0.25) is 5.89 Å². The summed E-state index contributed by atoms with van der Waals surface area (Å²) in [5.41, 5.74) is 5.93. The van der Waals surface area contributed by atoms with Gasteiger partial charge in [-0.15, -0.1) is 0 Å². The predicted octanol–water partition coefficient (Wildman–Crippen LogP) is 3.37. The molecule has 0 aliphatic rings. The molecule has 0 fully saturated rings. The zero-order valence-corrected chi connectivity index (χ0v) is 11.7. The van der Waals surface area contributed by atoms with Gasteiger partial charge in [0.25, 0.3) is 0 Å². The van der Waals surface area contributed by atoms with Crippen LogP contribution in [0.5, 0.6) is 0 Å². The molecule has 1 aromatic heterocycles. The molecule has 0 aliphatic heterocycles. The van der Waals surface area contributed by atoms with Crippen LogP contribution in [0.1, 0.15) is 57.4 Å². The van der Waals surface area contributed by atoms with Gasteiger partial charge in [0.1, 0.15) is 5.78 Å². The Hall–Kier alpha value is -0.680. The molecule has 17 heavy (non-hydrogen) atoms. The Morgan fingerprint density at radius 2 is 2.29 bits per heavy atom. The minimum absolute atomic E-state index is 0.150. The molecule has 1 rings (SSSR count). The smallest absolute Gasteiger partial charge is 0.212 e. The number of Topliss-reactive ketones (excluding diaryl/α,β-unsaturated/α-hetero) is 1. The van der Waals surface area contributed by atoms with Crippen molar-refractivity contribution in [3.63, 3.8) is 0 Å². The summed E-state index contributed by atoms with van der Waals surface area (Å²) in [5, 5.41) is 0. The third kappa shape index (κ3) is 5.46. The summed E-state index contributed by atoms with van der Waals surface area (Å²) in [7, 11) is 0. The minimum Gasteiger partial charge on any atom is -0.432 e. The molecule has 0 bridgehead atoms. The van der Waals surface area contributed by atoms with Crippen LogP contribution in [0.2, 0.25) is 0 Å². The number of hydrogen-bond donors (Lipinski definition) is 1. The van der Waals surface area contributed by atoms with Crippen LogP contribution in [0.3, 0.4) is 0 Å². The Kier molecular flexibility index (Phi) is 6.44. The number of nitrogens with two attached hydrogens (primary N) is 1. The lowest BCUT2D eigenvalue weighted by molar-refractivity contribution is -0.118. The van der Waals surface area contributed by atoms with Gasteiger partial charge in [-0.3, -0.25) is 4.79 Å². The zero-order valence-electron chi connectivity index (χ0n) is 10.1. The van der Waals surface area contributed by atoms with E-state index in [9.17, 15) is 4.79 Å². The number of rotatable bonds is 8. The molecule has 1 aromatic rings. The summed E-state index contributed by atoms with van der Waals surface area (Å²) in [6.07, 6.45) is 6.76. The van der Waals surface area contributed by atoms with Gasteiger partial charge >= 0.3 is 0 Å². The van der Waals surface area contributed by atoms with Crippen molar-refractivity contribution in [2.24, 2.45) is 5.73 Å². The molecule has 0 unspecified atom stereocenters. The highest BCUT2D eigenvalue weighted by Crippen LogP contribution is 2.20. The van der Waals surface area contributed by atoms with E-state index < -0.39 is 0 Å². The van der Waals surface area contributed by atoms with Crippen LogP contribution in [0, 0.1) is 0 Å². The highest BCUT2D eigenvalue weighted by atomic mass is 79.9. The highest BCUT2D eigenvalue weighted by molar-refractivity contribution is 9.10. The quantitative estimate of drug-likeness (QED) is 0.748. The maximum Gasteiger partial charge on any atom is 0.212 e. The van der Waals surface area contributed by atoms with Gasteiger partial charge in [-0.1, -0.05) is 19.8 Å². The second-order valence-electron chi connectivity index (χ2n) is 4.10. The lowest BCUT2D eigenvalue weighted by atomic mass is 10.1. The number of aromatic nitrogens is 1. The first-order valence-electron chi connectivity index (χ1n) is 6.02. The molecule has 0 saturated heterocycles. The average molecular weight is 303 g/mol. The van der Waals surface area contributed by atoms with Gasteiger partial charge in [-0.25, -0.2) is 4.98 Å². The van der Waals surface area contributed by atoms with Crippen LogP contribution < -0.4 is 5.73 Å². The first-order valence-corrected chi connectivity index (χ1v) is 6.81. The fourth-order valence-corrected chi connectivity index (χ4v) is 1.87. The van der Waals surface area contributed by atoms with Gasteiger partial charge < -0.3 is 10.2 Å². The van der Waals surface area contributed by atoms with E-state index >= 15 is 0 Å². The van der Waals surface area contributed by atoms with Crippen molar-refractivity contribution in [2.75, 3.05) is 0 Å². The summed E-state index contributed by atoms with van der Waals surface area (Å²) in [6, 6.07) is -0.150. The van der Waals surface area contributed by atoms with Crippen LogP contribution in [0.25, 0.3) is 0 Å². The number of halogens is 1. The van der Waals surface area contributed by atoms with Crippen molar-refractivity contribution in [1.82, 2.24) is 4.98 Å². The lowest BCUT2D eigenvalue weighted by Gasteiger charge is -2.06. The lowest BCUT2D eigenvalue weighted by Crippen LogP contribution is -2.10. The molecule has 4 nitrogen and oxygen atoms in total. The van der Waals surface area contributed by atoms with Crippen molar-refractivity contribution < 1.29 is 9.21 Å². The van der Waals surface area contributed by atoms with E-state index in [1.165, 1.54) is 0 Å². The number of nitrogens with zero attached hydrogens (tertiary/aromatic N) is 1. The van der Waals surface area contributed by atoms with Gasteiger partial charge in [0.05, 0.1) is 12.2 Å². The molecular formula is C12H19BrN2O2. The average Bonchev–Trinajstić information content (AvgIpc) is 2.75. The fraction of sp³-hybridized carbons (Fsp3) is 0.667. The van der Waals surface area contributed by atoms with Gasteiger partial charge in [0.15, 0.2) is 4.67 Å². The molecule has 2 N–H and O–H groups in total. The van der Waals surface area contributed by atoms with Crippen molar-refractivity contribution in [2.45, 2.75) is 51.5 Å². The van der Waals surface area contributed by atoms with Crippen molar-refractivity contribution in [3.8, 4) is 0 Å². The van der Waals surface area contributed by atoms with Crippen molar-refractivity contribution in [1.29, 1.82) is 0 Å². The van der Waals surface area contributed by atoms with Crippen LogP contribution in [0.15, 0.2) is 15.3 Å². The molecule has 5 heteroatoms. The summed E-state index contributed by atoms with van der Waals surface area (Å²) in [4.78, 5) is 15.1. The maximum atomic E-state index is 11.1. The number of hydrogen-bond acceptors (Lipinski definition) is 4. The van der Waals surface area contributed by atoms with Crippen LogP contribution in [-0.4, -0.2) is 10.8 Å². The van der Waals surface area contributed by atoms with E-state index in [0.717, 1.165) is 25.7 Å². The Bertz CT molecular complexity index is 352. The standard InChI is InChI=1S/C12H19BrN2O2/c1-2-9(16)6-4-3-5-7-10(14)12-15-8-11(13)17-12/h8,10H,2-7,14H2,1H3/t10-/m0/s1. The zero-order chi connectivity index (χ0) is 12.7. The van der Waals surface area contributed by atoms with Gasteiger partial charge in [-0.2, -0.15) is 0 Å². The van der Waals surface area contributed by atoms with E-state index in [2.05, 4.69) is 20.9 Å². The van der Waals surface area contributed by atoms with Crippen LogP contribution in [0.4, 0.5) is 0 Å². The molecule has 1 atom stereocenters. The Balaban J connectivity index is 2.12. The predicted molar refractivity (Wildman–Crippen MR) is 69.5 cm³/mol. The number of carbonyl (C=O) groups excluding carboxylic acids is 1. The molecular weight excluding hydrogens is 284 g/mol. The summed E-state index contributed by atoms with van der Waals surface area (Å²) >= 11 is 3.20. The maximum absolute atomic E-state index is 11.1. The number of ketones is 1. The van der Waals surface area contributed by atoms with Crippen molar-refractivity contribution in [3.05, 3.63) is 16.8 Å². The number of unbranched alkanes of at least 4 members (excludes halogenated alkanes) is 2. The number of carbonyl (C=O) groups is 1. The second-order valence-corrected chi connectivity index (χ2v) is 4.88. The van der Waals surface area contributed by atoms with Crippen molar-refractivity contribution >= 4 is 21.7 Å². The molecule has 1 heterocycles. The van der Waals surface area contributed by atoms with Gasteiger partial charge in [0, 0.05) is 12.8 Å². The SMILES string of the molecule is CCC(=O)CCCCC[C@H](N)c1ncc(Br)o1. The number of oxazole rings is 1. The topological polar surface area (TPSA) is 69.1 Å². The van der Waals surface area contributed by atoms with Crippen LogP contribution in [-0.2, 0) is 4.79 Å². The summed E-state index contributed by atoms with van der Waals surface area (Å²) < 4.78 is 5.89. The molecule has 0 spiro atoms. The first kappa shape index (κ1) is 14.4. The minimum atomic E-state index is -0.150. The Morgan fingerprint density at radius 3 is 2.88 bits per heavy atom. The molecule has 0 radical (unpaired) electrons. The molecule has 96 valence electrons. The first-order chi connectivity index (χ1) is 8.13. The second kappa shape index (κ2) is 7.61. The molecule has 0 saturated carbocycles. The normalized spacial score (nSPS) is 12.6. The largest absolute Gasteiger partial charge is 0.432 e. The Labute approximate surface area is 110 Å². The molecule has 0 aliphatic carbocycles. The third-order valence-corrected chi connectivity index (χ3v) is 3.04. The monoisotopic (exact) mass is 302 g/mol. The highest BCUT2D eigenvalue weighted by Gasteiger charge is 2.11. The third-order valence-electron chi connectivity index (χ3n) is 2.68. The van der Waals surface area contributed by atoms with Gasteiger partial charge in [-0.05, 0) is 28.8 Å². The summed E-state index contributed by atoms with van der Waals surface area (Å²) in [6.45, 7) is 1.90. The molecule has 0 aromatic carbocycles. The molecule has 0 amide bonds. The fourth-order valence-electron chi connectivity index (χ4n) is 1.60. The van der Waals surface area contributed by atoms with Crippen LogP contribution >= 0.6 is 15.9 Å². The van der Waals surface area contributed by atoms with E-state index in [-0.39, 0.29) is 6.04 Å². The van der Waals surface area contributed by atoms with E-state index in [4.69, 9.17) is 10.2 Å². The van der Waals surface area contributed by atoms with E-state index in [1.807, 2.05) is 6.92 Å². The summed E-state index contributed by atoms with van der Waals surface area (Å²) in [5.74, 6) is 0.910. The Morgan fingerprint density at radius 1 is 1.53 bits per heavy atom. The van der Waals surface area contributed by atoms with E-state index in [0.29, 0.717) is 29.2 Å².